The van der Waals surface area contributed by atoms with Gasteiger partial charge in [-0.05, 0) is 31.1 Å². The van der Waals surface area contributed by atoms with Gasteiger partial charge in [-0.1, -0.05) is 31.1 Å². The van der Waals surface area contributed by atoms with Crippen LogP contribution in [0.3, 0.4) is 0 Å². The van der Waals surface area contributed by atoms with E-state index in [0.29, 0.717) is 28.4 Å². The molecule has 0 saturated heterocycles. The first-order valence-corrected chi connectivity index (χ1v) is 10.2. The van der Waals surface area contributed by atoms with Crippen LogP contribution in [0.5, 0.6) is 0 Å². The number of amides is 2. The van der Waals surface area contributed by atoms with Crippen LogP contribution in [0.1, 0.15) is 31.2 Å². The molecule has 1 fully saturated rings. The quantitative estimate of drug-likeness (QED) is 0.594. The number of carbonyl (C=O) groups excluding carboxylic acids is 1. The number of anilines is 1. The van der Waals surface area contributed by atoms with Gasteiger partial charge < -0.3 is 21.1 Å². The Morgan fingerprint density at radius 2 is 2.06 bits per heavy atom. The maximum absolute atomic E-state index is 12.9. The third-order valence-corrected chi connectivity index (χ3v) is 5.53. The molecule has 1 aromatic carbocycles. The van der Waals surface area contributed by atoms with E-state index in [9.17, 15) is 14.9 Å². The topological polar surface area (TPSA) is 139 Å². The molecule has 4 N–H and O–H groups in total. The first-order chi connectivity index (χ1) is 15.0. The third-order valence-electron chi connectivity index (χ3n) is 5.53. The average Bonchev–Trinajstić information content (AvgIpc) is 3.18. The van der Waals surface area contributed by atoms with E-state index in [-0.39, 0.29) is 24.0 Å². The van der Waals surface area contributed by atoms with Crippen molar-refractivity contribution in [3.05, 3.63) is 53.3 Å². The highest BCUT2D eigenvalue weighted by molar-refractivity contribution is 6.20. The van der Waals surface area contributed by atoms with E-state index in [1.165, 1.54) is 6.21 Å². The summed E-state index contributed by atoms with van der Waals surface area (Å²) in [4.78, 5) is 33.0. The molecular weight excluding hydrogens is 396 g/mol. The molecule has 2 aliphatic heterocycles. The molecule has 0 spiro atoms. The highest BCUT2D eigenvalue weighted by atomic mass is 16.4. The minimum absolute atomic E-state index is 0.170. The minimum atomic E-state index is -1.05. The number of hydrogen-bond donors (Lipinski definition) is 4. The van der Waals surface area contributed by atoms with Crippen LogP contribution in [0.25, 0.3) is 0 Å². The summed E-state index contributed by atoms with van der Waals surface area (Å²) in [6.45, 7) is 0. The smallest absolute Gasteiger partial charge is 0.404 e. The lowest BCUT2D eigenvalue weighted by molar-refractivity contribution is -0.112. The summed E-state index contributed by atoms with van der Waals surface area (Å²) in [5.74, 6) is 0.206. The molecule has 0 radical (unpaired) electrons. The van der Waals surface area contributed by atoms with Gasteiger partial charge in [0.25, 0.3) is 5.91 Å². The van der Waals surface area contributed by atoms with Gasteiger partial charge in [-0.15, -0.1) is 0 Å². The summed E-state index contributed by atoms with van der Waals surface area (Å²) < 4.78 is 0. The second kappa shape index (κ2) is 8.83. The maximum atomic E-state index is 12.9. The van der Waals surface area contributed by atoms with Crippen LogP contribution in [0, 0.1) is 11.3 Å². The van der Waals surface area contributed by atoms with Crippen molar-refractivity contribution in [1.29, 1.82) is 5.26 Å². The second-order valence-corrected chi connectivity index (χ2v) is 7.57. The number of carbonyl (C=O) groups is 2. The number of rotatable bonds is 4. The summed E-state index contributed by atoms with van der Waals surface area (Å²) in [6, 6.07) is 8.15. The van der Waals surface area contributed by atoms with Crippen LogP contribution in [0.15, 0.2) is 57.7 Å². The van der Waals surface area contributed by atoms with Crippen LogP contribution in [-0.2, 0) is 4.79 Å². The van der Waals surface area contributed by atoms with E-state index in [4.69, 9.17) is 10.1 Å². The van der Waals surface area contributed by atoms with Crippen molar-refractivity contribution >= 4 is 29.7 Å². The molecule has 158 valence electrons. The summed E-state index contributed by atoms with van der Waals surface area (Å²) in [6.07, 6.45) is 7.62. The fraction of sp³-hybridized carbons (Fsp3) is 0.318. The number of aliphatic imine (C=N–C) groups is 2. The molecule has 9 heteroatoms. The van der Waals surface area contributed by atoms with Crippen LogP contribution in [-0.4, -0.2) is 47.3 Å². The van der Waals surface area contributed by atoms with E-state index >= 15 is 0 Å². The van der Waals surface area contributed by atoms with Gasteiger partial charge in [0.15, 0.2) is 0 Å². The van der Waals surface area contributed by atoms with Gasteiger partial charge in [0.2, 0.25) is 0 Å². The van der Waals surface area contributed by atoms with Gasteiger partial charge in [0, 0.05) is 6.21 Å². The van der Waals surface area contributed by atoms with Crippen molar-refractivity contribution in [1.82, 2.24) is 10.6 Å². The summed E-state index contributed by atoms with van der Waals surface area (Å²) in [5.41, 5.74) is 1.80. The largest absolute Gasteiger partial charge is 0.465 e. The molecule has 3 atom stereocenters. The average molecular weight is 418 g/mol. The number of hydrogen-bond acceptors (Lipinski definition) is 5. The molecule has 1 unspecified atom stereocenters. The normalized spacial score (nSPS) is 25.5. The Kier molecular flexibility index (Phi) is 5.80. The Bertz CT molecular complexity index is 1070. The predicted molar refractivity (Wildman–Crippen MR) is 116 cm³/mol. The van der Waals surface area contributed by atoms with Crippen molar-refractivity contribution in [3.8, 4) is 6.07 Å². The van der Waals surface area contributed by atoms with E-state index < -0.39 is 6.09 Å². The molecule has 2 heterocycles. The van der Waals surface area contributed by atoms with Gasteiger partial charge in [-0.25, -0.2) is 4.79 Å². The summed E-state index contributed by atoms with van der Waals surface area (Å²) in [7, 11) is 0. The number of fused-ring (bicyclic) bond motifs is 1. The van der Waals surface area contributed by atoms with Crippen molar-refractivity contribution < 1.29 is 14.7 Å². The molecule has 31 heavy (non-hydrogen) atoms. The molecule has 1 aromatic rings. The Hall–Kier alpha value is -3.93. The van der Waals surface area contributed by atoms with Gasteiger partial charge in [0.1, 0.15) is 17.9 Å². The zero-order chi connectivity index (χ0) is 21.8. The molecule has 1 saturated carbocycles. The molecule has 0 bridgehead atoms. The maximum Gasteiger partial charge on any atom is 0.404 e. The zero-order valence-electron chi connectivity index (χ0n) is 16.7. The highest BCUT2D eigenvalue weighted by Crippen LogP contribution is 2.25. The molecule has 0 aromatic heterocycles. The molecule has 9 nitrogen and oxygen atoms in total. The number of carboxylic acid groups (broad SMARTS) is 1. The SMILES string of the molecule is N#Cc1ccccc1NC(=O)C1=C2NC(=N[C@@H]3CCCC[C@@H]3NC(=O)O)C=CC2N=C1. The Balaban J connectivity index is 1.54. The third kappa shape index (κ3) is 4.48. The van der Waals surface area contributed by atoms with Crippen molar-refractivity contribution in [2.45, 2.75) is 43.8 Å². The van der Waals surface area contributed by atoms with E-state index in [0.717, 1.165) is 25.7 Å². The van der Waals surface area contributed by atoms with E-state index in [2.05, 4.69) is 27.0 Å². The first-order valence-electron chi connectivity index (χ1n) is 10.2. The number of nitriles is 1. The lowest BCUT2D eigenvalue weighted by atomic mass is 9.90. The first kappa shape index (κ1) is 20.3. The van der Waals surface area contributed by atoms with Crippen LogP contribution in [0.2, 0.25) is 0 Å². The zero-order valence-corrected chi connectivity index (χ0v) is 16.7. The predicted octanol–water partition coefficient (Wildman–Crippen LogP) is 2.34. The number of nitrogens with zero attached hydrogens (tertiary/aromatic N) is 3. The molecular formula is C22H22N6O3. The lowest BCUT2D eigenvalue weighted by Gasteiger charge is -2.29. The van der Waals surface area contributed by atoms with E-state index in [1.807, 2.05) is 12.2 Å². The van der Waals surface area contributed by atoms with Crippen LogP contribution >= 0.6 is 0 Å². The van der Waals surface area contributed by atoms with E-state index in [1.54, 1.807) is 24.3 Å². The molecule has 3 aliphatic rings. The van der Waals surface area contributed by atoms with Gasteiger partial charge in [-0.3, -0.25) is 14.8 Å². The monoisotopic (exact) mass is 418 g/mol. The summed E-state index contributed by atoms with van der Waals surface area (Å²) >= 11 is 0. The Labute approximate surface area is 179 Å². The Morgan fingerprint density at radius 3 is 2.87 bits per heavy atom. The van der Waals surface area contributed by atoms with Crippen molar-refractivity contribution in [2.75, 3.05) is 5.32 Å². The van der Waals surface area contributed by atoms with Gasteiger partial charge >= 0.3 is 6.09 Å². The number of para-hydroxylation sites is 1. The van der Waals surface area contributed by atoms with Crippen LogP contribution in [0.4, 0.5) is 10.5 Å². The molecule has 1 aliphatic carbocycles. The minimum Gasteiger partial charge on any atom is -0.465 e. The van der Waals surface area contributed by atoms with Crippen molar-refractivity contribution in [3.63, 3.8) is 0 Å². The molecule has 4 rings (SSSR count). The fourth-order valence-electron chi connectivity index (χ4n) is 4.01. The number of amidine groups is 1. The second-order valence-electron chi connectivity index (χ2n) is 7.57. The molecule has 2 amide bonds. The van der Waals surface area contributed by atoms with Gasteiger partial charge in [0.05, 0.1) is 34.6 Å². The van der Waals surface area contributed by atoms with Gasteiger partial charge in [-0.2, -0.15) is 5.26 Å². The number of nitrogens with one attached hydrogen (secondary N) is 3. The van der Waals surface area contributed by atoms with Crippen LogP contribution < -0.4 is 16.0 Å². The number of benzene rings is 1. The lowest BCUT2D eigenvalue weighted by Crippen LogP contribution is -2.45. The van der Waals surface area contributed by atoms with Crippen molar-refractivity contribution in [2.24, 2.45) is 9.98 Å². The highest BCUT2D eigenvalue weighted by Gasteiger charge is 2.30. The summed E-state index contributed by atoms with van der Waals surface area (Å²) in [5, 5.41) is 26.9. The standard InChI is InChI=1S/C22H22N6O3/c23-11-13-5-1-2-6-15(13)26-21(29)14-12-24-18-9-10-19(28-20(14)18)25-16-7-3-4-8-17(16)27-22(30)31/h1-2,5-6,9-10,12,16-18,27H,3-4,7-8H2,(H,25,28)(H,26,29)(H,30,31)/t16-,17+,18?/m1/s1. The Morgan fingerprint density at radius 1 is 1.26 bits per heavy atom. The fourth-order valence-corrected chi connectivity index (χ4v) is 4.01.